The Morgan fingerprint density at radius 2 is 1.08 bits per heavy atom. The zero-order valence-corrected chi connectivity index (χ0v) is 39.4. The maximum absolute atomic E-state index is 14.9. The molecule has 342 valence electrons. The number of hydrogen-bond donors (Lipinski definition) is 1. The lowest BCUT2D eigenvalue weighted by molar-refractivity contribution is -0.182. The Hall–Kier alpha value is -3.24. The van der Waals surface area contributed by atoms with E-state index in [9.17, 15) is 34.3 Å². The molecule has 0 aromatic rings. The van der Waals surface area contributed by atoms with Gasteiger partial charge in [0.1, 0.15) is 13.2 Å². The zero-order valence-electron chi connectivity index (χ0n) is 39.4. The van der Waals surface area contributed by atoms with Gasteiger partial charge in [0.25, 0.3) is 0 Å². The molecule has 13 heteroatoms. The number of carboxylic acids is 1. The molecule has 0 fully saturated rings. The lowest BCUT2D eigenvalue weighted by Crippen LogP contribution is -2.54. The van der Waals surface area contributed by atoms with Crippen molar-refractivity contribution >= 4 is 29.8 Å². The second-order valence-electron chi connectivity index (χ2n) is 18.8. The van der Waals surface area contributed by atoms with Crippen LogP contribution < -0.4 is 0 Å². The molecule has 0 bridgehead atoms. The summed E-state index contributed by atoms with van der Waals surface area (Å²) in [5.74, 6) is -4.67. The first kappa shape index (κ1) is 55.8. The van der Waals surface area contributed by atoms with Gasteiger partial charge in [0.15, 0.2) is 0 Å². The molecule has 0 saturated heterocycles. The lowest BCUT2D eigenvalue weighted by atomic mass is 9.53. The summed E-state index contributed by atoms with van der Waals surface area (Å²) in [6, 6.07) is 2.36. The van der Waals surface area contributed by atoms with Crippen molar-refractivity contribution in [3.63, 3.8) is 0 Å². The van der Waals surface area contributed by atoms with Crippen LogP contribution in [0.25, 0.3) is 0 Å². The highest BCUT2D eigenvalue weighted by Crippen LogP contribution is 2.56. The summed E-state index contributed by atoms with van der Waals surface area (Å²) in [4.78, 5) is 73.1. The van der Waals surface area contributed by atoms with Crippen LogP contribution in [0, 0.1) is 49.7 Å². The number of esters is 4. The van der Waals surface area contributed by atoms with Crippen LogP contribution in [0.1, 0.15) is 160 Å². The SMILES string of the molecule is CCCCCCOC(=O)C(C)(CC(C)(CC(C)(C#N)CC)C(=O)OCCOC)C(C)C(C)(CC(C)(CC(C)(CCC)C(=O)O)C(=O)OCCCC)C(=O)OCCN(C)C. The number of nitrogens with zero attached hydrogens (tertiary/aromatic N) is 2. The van der Waals surface area contributed by atoms with Crippen molar-refractivity contribution in [1.29, 1.82) is 5.26 Å². The third-order valence-electron chi connectivity index (χ3n) is 12.5. The van der Waals surface area contributed by atoms with Crippen LogP contribution in [0.2, 0.25) is 0 Å². The standard InChI is InChI=1S/C46H82N2O11/c1-15-19-21-22-26-57-39(53)45(10,32-43(8,30-41(6,18-4)34-47)37(51)59-29-28-55-14)35(5)46(11,40(54)58-27-24-48(12)13)33-44(9,38(52)56-25-20-16-2)31-42(7,23-17-3)36(49)50/h35H,15-33H2,1-14H3,(H,49,50). The van der Waals surface area contributed by atoms with Crippen molar-refractivity contribution in [3.05, 3.63) is 0 Å². The molecule has 0 aliphatic heterocycles. The smallest absolute Gasteiger partial charge is 0.312 e. The average molecular weight is 839 g/mol. The molecule has 0 rings (SSSR count). The van der Waals surface area contributed by atoms with Gasteiger partial charge in [-0.25, -0.2) is 0 Å². The Kier molecular flexibility index (Phi) is 24.1. The Labute approximate surface area is 356 Å². The quantitative estimate of drug-likeness (QED) is 0.0386. The Morgan fingerprint density at radius 3 is 1.53 bits per heavy atom. The number of rotatable bonds is 32. The second-order valence-corrected chi connectivity index (χ2v) is 18.8. The minimum absolute atomic E-state index is 0.00757. The molecule has 59 heavy (non-hydrogen) atoms. The number of hydrogen-bond acceptors (Lipinski definition) is 12. The normalized spacial score (nSPS) is 18.3. The Bertz CT molecular complexity index is 1380. The molecular formula is C46H82N2O11. The summed E-state index contributed by atoms with van der Waals surface area (Å²) < 4.78 is 28.8. The number of aliphatic carboxylic acids is 1. The molecular weight excluding hydrogens is 757 g/mol. The van der Waals surface area contributed by atoms with Gasteiger partial charge in [-0.3, -0.25) is 24.0 Å². The van der Waals surface area contributed by atoms with Crippen molar-refractivity contribution in [3.8, 4) is 6.07 Å². The molecule has 0 amide bonds. The van der Waals surface area contributed by atoms with Crippen LogP contribution in [0.15, 0.2) is 0 Å². The van der Waals surface area contributed by atoms with E-state index >= 15 is 0 Å². The molecule has 0 radical (unpaired) electrons. The highest BCUT2D eigenvalue weighted by molar-refractivity contribution is 5.85. The predicted octanol–water partition coefficient (Wildman–Crippen LogP) is 8.80. The highest BCUT2D eigenvalue weighted by Gasteiger charge is 2.60. The van der Waals surface area contributed by atoms with Gasteiger partial charge in [-0.05, 0) is 113 Å². The first-order valence-corrected chi connectivity index (χ1v) is 21.9. The summed E-state index contributed by atoms with van der Waals surface area (Å²) in [5.41, 5.74) is -8.62. The first-order valence-electron chi connectivity index (χ1n) is 21.9. The van der Waals surface area contributed by atoms with Gasteiger partial charge >= 0.3 is 29.8 Å². The van der Waals surface area contributed by atoms with E-state index in [0.717, 1.165) is 25.7 Å². The molecule has 13 nitrogen and oxygen atoms in total. The molecule has 0 aromatic carbocycles. The van der Waals surface area contributed by atoms with Crippen molar-refractivity contribution in [2.75, 3.05) is 60.8 Å². The maximum atomic E-state index is 14.9. The molecule has 0 aliphatic carbocycles. The molecule has 1 N–H and O–H groups in total. The van der Waals surface area contributed by atoms with Gasteiger partial charge in [0, 0.05) is 13.7 Å². The van der Waals surface area contributed by atoms with Crippen molar-refractivity contribution in [2.45, 2.75) is 160 Å². The number of likely N-dealkylation sites (N-methyl/N-ethyl adjacent to an activating group) is 1. The van der Waals surface area contributed by atoms with Gasteiger partial charge in [0.2, 0.25) is 0 Å². The molecule has 7 unspecified atom stereocenters. The van der Waals surface area contributed by atoms with Crippen LogP contribution in [-0.4, -0.2) is 101 Å². The fraction of sp³-hybridized carbons (Fsp3) is 0.870. The largest absolute Gasteiger partial charge is 0.481 e. The third-order valence-corrected chi connectivity index (χ3v) is 12.5. The second kappa shape index (κ2) is 25.5. The van der Waals surface area contributed by atoms with Gasteiger partial charge in [-0.15, -0.1) is 0 Å². The first-order chi connectivity index (χ1) is 27.4. The number of carbonyl (C=O) groups is 5. The van der Waals surface area contributed by atoms with E-state index in [1.54, 1.807) is 48.5 Å². The maximum Gasteiger partial charge on any atom is 0.312 e. The van der Waals surface area contributed by atoms with Gasteiger partial charge < -0.3 is 33.7 Å². The van der Waals surface area contributed by atoms with E-state index in [-0.39, 0.29) is 65.1 Å². The minimum atomic E-state index is -1.66. The van der Waals surface area contributed by atoms with Crippen molar-refractivity contribution in [2.24, 2.45) is 38.4 Å². The summed E-state index contributed by atoms with van der Waals surface area (Å²) >= 11 is 0. The number of nitriles is 1. The van der Waals surface area contributed by atoms with Crippen LogP contribution in [0.3, 0.4) is 0 Å². The molecule has 0 spiro atoms. The molecule has 7 atom stereocenters. The number of carboxylic acid groups (broad SMARTS) is 1. The topological polar surface area (TPSA) is 179 Å². The highest BCUT2D eigenvalue weighted by atomic mass is 16.6. The number of unbranched alkanes of at least 4 members (excludes halogenated alkanes) is 4. The molecule has 0 aliphatic rings. The van der Waals surface area contributed by atoms with Crippen LogP contribution in [-0.2, 0) is 47.7 Å². The monoisotopic (exact) mass is 839 g/mol. The molecule has 0 saturated carbocycles. The van der Waals surface area contributed by atoms with Crippen LogP contribution in [0.5, 0.6) is 0 Å². The Morgan fingerprint density at radius 1 is 0.610 bits per heavy atom. The molecule has 0 aromatic heterocycles. The van der Waals surface area contributed by atoms with E-state index < -0.39 is 68.3 Å². The van der Waals surface area contributed by atoms with E-state index in [1.807, 2.05) is 39.8 Å². The lowest BCUT2D eigenvalue weighted by Gasteiger charge is -2.49. The zero-order chi connectivity index (χ0) is 45.7. The molecule has 0 heterocycles. The van der Waals surface area contributed by atoms with E-state index in [1.165, 1.54) is 7.11 Å². The van der Waals surface area contributed by atoms with Crippen LogP contribution >= 0.6 is 0 Å². The fourth-order valence-electron chi connectivity index (χ4n) is 8.55. The summed E-state index contributed by atoms with van der Waals surface area (Å²) in [7, 11) is 5.16. The van der Waals surface area contributed by atoms with Gasteiger partial charge in [-0.2, -0.15) is 5.26 Å². The fourth-order valence-corrected chi connectivity index (χ4v) is 8.55. The third kappa shape index (κ3) is 16.6. The number of carbonyl (C=O) groups excluding carboxylic acids is 4. The van der Waals surface area contributed by atoms with E-state index in [2.05, 4.69) is 13.0 Å². The summed E-state index contributed by atoms with van der Waals surface area (Å²) in [5, 5.41) is 20.9. The summed E-state index contributed by atoms with van der Waals surface area (Å²) in [6.45, 7) is 20.2. The number of ether oxygens (including phenoxy) is 5. The van der Waals surface area contributed by atoms with Gasteiger partial charge in [-0.1, -0.05) is 66.7 Å². The van der Waals surface area contributed by atoms with Crippen molar-refractivity contribution in [1.82, 2.24) is 4.90 Å². The van der Waals surface area contributed by atoms with Crippen molar-refractivity contribution < 1.29 is 52.8 Å². The van der Waals surface area contributed by atoms with E-state index in [0.29, 0.717) is 32.2 Å². The number of methoxy groups -OCH3 is 1. The minimum Gasteiger partial charge on any atom is -0.481 e. The summed E-state index contributed by atoms with van der Waals surface area (Å²) in [6.07, 6.45) is 5.40. The average Bonchev–Trinajstić information content (AvgIpc) is 3.16. The van der Waals surface area contributed by atoms with Gasteiger partial charge in [0.05, 0.1) is 58.4 Å². The predicted molar refractivity (Wildman–Crippen MR) is 228 cm³/mol. The van der Waals surface area contributed by atoms with E-state index in [4.69, 9.17) is 23.7 Å². The van der Waals surface area contributed by atoms with Crippen LogP contribution in [0.4, 0.5) is 0 Å². The Balaban J connectivity index is 8.11.